The first-order valence-electron chi connectivity index (χ1n) is 8.64. The zero-order chi connectivity index (χ0) is 19.8. The summed E-state index contributed by atoms with van der Waals surface area (Å²) in [5.41, 5.74) is 7.05. The Labute approximate surface area is 160 Å². The van der Waals surface area contributed by atoms with Crippen molar-refractivity contribution in [3.63, 3.8) is 0 Å². The van der Waals surface area contributed by atoms with E-state index in [0.29, 0.717) is 18.1 Å². The van der Waals surface area contributed by atoms with Crippen molar-refractivity contribution in [2.24, 2.45) is 5.10 Å². The summed E-state index contributed by atoms with van der Waals surface area (Å²) >= 11 is 0. The third-order valence-electron chi connectivity index (χ3n) is 4.05. The van der Waals surface area contributed by atoms with Gasteiger partial charge in [0.05, 0.1) is 19.4 Å². The Morgan fingerprint density at radius 3 is 2.56 bits per heavy atom. The second-order valence-corrected chi connectivity index (χ2v) is 6.25. The van der Waals surface area contributed by atoms with Gasteiger partial charge in [-0.2, -0.15) is 5.10 Å². The first-order valence-corrected chi connectivity index (χ1v) is 8.64. The molecule has 27 heavy (non-hydrogen) atoms. The van der Waals surface area contributed by atoms with Gasteiger partial charge in [-0.25, -0.2) is 5.43 Å². The van der Waals surface area contributed by atoms with E-state index in [2.05, 4.69) is 10.5 Å². The fourth-order valence-corrected chi connectivity index (χ4v) is 2.52. The molecule has 0 fully saturated rings. The topological polar surface area (TPSA) is 69.2 Å². The predicted molar refractivity (Wildman–Crippen MR) is 105 cm³/mol. The summed E-state index contributed by atoms with van der Waals surface area (Å²) in [6, 6.07) is 11.5. The highest BCUT2D eigenvalue weighted by atomic mass is 16.5. The molecule has 2 aromatic rings. The van der Waals surface area contributed by atoms with Crippen LogP contribution in [0.25, 0.3) is 0 Å². The first-order chi connectivity index (χ1) is 12.9. The highest BCUT2D eigenvalue weighted by Crippen LogP contribution is 2.21. The summed E-state index contributed by atoms with van der Waals surface area (Å²) in [7, 11) is 3.24. The highest BCUT2D eigenvalue weighted by Gasteiger charge is 2.08. The second-order valence-electron chi connectivity index (χ2n) is 6.25. The fraction of sp³-hybridized carbons (Fsp3) is 0.333. The number of aryl methyl sites for hydroxylation is 2. The monoisotopic (exact) mass is 370 g/mol. The van der Waals surface area contributed by atoms with Crippen LogP contribution in [0.4, 0.5) is 0 Å². The van der Waals surface area contributed by atoms with E-state index >= 15 is 0 Å². The third-order valence-corrected chi connectivity index (χ3v) is 4.05. The lowest BCUT2D eigenvalue weighted by Gasteiger charge is -2.11. The second kappa shape index (κ2) is 9.73. The Morgan fingerprint density at radius 1 is 1.07 bits per heavy atom. The van der Waals surface area contributed by atoms with Gasteiger partial charge in [-0.05, 0) is 61.7 Å². The molecule has 0 aliphatic carbocycles. The summed E-state index contributed by atoms with van der Waals surface area (Å²) in [6.07, 6.45) is 0. The largest absolute Gasteiger partial charge is 0.496 e. The van der Waals surface area contributed by atoms with Crippen molar-refractivity contribution in [1.29, 1.82) is 0 Å². The zero-order valence-corrected chi connectivity index (χ0v) is 16.5. The predicted octanol–water partition coefficient (Wildman–Crippen LogP) is 3.38. The Hall–Kier alpha value is -2.86. The fourth-order valence-electron chi connectivity index (χ4n) is 2.52. The standard InChI is InChI=1S/C21H26N2O4/c1-14-6-7-15(2)20(10-14)27-13-21(24)23-22-16(3)17-8-9-19(26-5)18(11-17)12-25-4/h6-11H,12-13H2,1-5H3,(H,23,24)/b22-16-. The van der Waals surface area contributed by atoms with Gasteiger partial charge in [0.1, 0.15) is 11.5 Å². The van der Waals surface area contributed by atoms with Gasteiger partial charge >= 0.3 is 0 Å². The average Bonchev–Trinajstić information content (AvgIpc) is 2.67. The zero-order valence-electron chi connectivity index (χ0n) is 16.5. The molecule has 2 aromatic carbocycles. The van der Waals surface area contributed by atoms with E-state index in [1.807, 2.05) is 57.2 Å². The smallest absolute Gasteiger partial charge is 0.277 e. The van der Waals surface area contributed by atoms with Gasteiger partial charge < -0.3 is 14.2 Å². The van der Waals surface area contributed by atoms with E-state index in [0.717, 1.165) is 28.0 Å². The average molecular weight is 370 g/mol. The first kappa shape index (κ1) is 20.5. The number of nitrogens with one attached hydrogen (secondary N) is 1. The molecule has 0 aliphatic rings. The van der Waals surface area contributed by atoms with Crippen LogP contribution in [0, 0.1) is 13.8 Å². The van der Waals surface area contributed by atoms with Gasteiger partial charge in [0.25, 0.3) is 5.91 Å². The van der Waals surface area contributed by atoms with Crippen molar-refractivity contribution in [2.45, 2.75) is 27.4 Å². The molecule has 0 bridgehead atoms. The molecular formula is C21H26N2O4. The molecule has 6 nitrogen and oxygen atoms in total. The number of hydrogen-bond acceptors (Lipinski definition) is 5. The quantitative estimate of drug-likeness (QED) is 0.571. The van der Waals surface area contributed by atoms with Crippen LogP contribution in [0.1, 0.15) is 29.2 Å². The minimum atomic E-state index is -0.319. The van der Waals surface area contributed by atoms with Crippen molar-refractivity contribution in [1.82, 2.24) is 5.43 Å². The number of nitrogens with zero attached hydrogens (tertiary/aromatic N) is 1. The van der Waals surface area contributed by atoms with Crippen molar-refractivity contribution in [3.8, 4) is 11.5 Å². The summed E-state index contributed by atoms with van der Waals surface area (Å²) in [4.78, 5) is 12.0. The van der Waals surface area contributed by atoms with Crippen LogP contribution in [0.15, 0.2) is 41.5 Å². The summed E-state index contributed by atoms with van der Waals surface area (Å²) in [6.45, 7) is 6.08. The van der Waals surface area contributed by atoms with Gasteiger partial charge in [0.2, 0.25) is 0 Å². The van der Waals surface area contributed by atoms with E-state index in [1.54, 1.807) is 14.2 Å². The molecule has 0 heterocycles. The number of carbonyl (C=O) groups excluding carboxylic acids is 1. The van der Waals surface area contributed by atoms with E-state index in [9.17, 15) is 4.79 Å². The molecule has 0 saturated carbocycles. The molecular weight excluding hydrogens is 344 g/mol. The maximum Gasteiger partial charge on any atom is 0.277 e. The maximum atomic E-state index is 12.0. The highest BCUT2D eigenvalue weighted by molar-refractivity contribution is 5.99. The van der Waals surface area contributed by atoms with Crippen LogP contribution in [0.2, 0.25) is 0 Å². The Kier molecular flexibility index (Phi) is 7.37. The number of methoxy groups -OCH3 is 2. The number of hydrogen-bond donors (Lipinski definition) is 1. The molecule has 0 unspecified atom stereocenters. The molecule has 0 aliphatic heterocycles. The van der Waals surface area contributed by atoms with Gasteiger partial charge in [0.15, 0.2) is 6.61 Å². The summed E-state index contributed by atoms with van der Waals surface area (Å²) < 4.78 is 16.1. The Balaban J connectivity index is 1.99. The van der Waals surface area contributed by atoms with E-state index in [-0.39, 0.29) is 12.5 Å². The Bertz CT molecular complexity index is 831. The minimum absolute atomic E-state index is 0.0986. The molecule has 1 amide bonds. The number of carbonyl (C=O) groups is 1. The van der Waals surface area contributed by atoms with Crippen LogP contribution >= 0.6 is 0 Å². The summed E-state index contributed by atoms with van der Waals surface area (Å²) in [5, 5.41) is 4.16. The molecule has 1 N–H and O–H groups in total. The number of amides is 1. The van der Waals surface area contributed by atoms with Crippen molar-refractivity contribution >= 4 is 11.6 Å². The number of ether oxygens (including phenoxy) is 3. The van der Waals surface area contributed by atoms with Crippen molar-refractivity contribution in [2.75, 3.05) is 20.8 Å². The van der Waals surface area contributed by atoms with Crippen LogP contribution in [0.5, 0.6) is 11.5 Å². The maximum absolute atomic E-state index is 12.0. The van der Waals surface area contributed by atoms with Crippen LogP contribution in [-0.2, 0) is 16.1 Å². The molecule has 0 atom stereocenters. The lowest BCUT2D eigenvalue weighted by atomic mass is 10.1. The van der Waals surface area contributed by atoms with Crippen LogP contribution in [0.3, 0.4) is 0 Å². The van der Waals surface area contributed by atoms with Crippen LogP contribution in [-0.4, -0.2) is 32.4 Å². The molecule has 0 radical (unpaired) electrons. The van der Waals surface area contributed by atoms with E-state index < -0.39 is 0 Å². The van der Waals surface area contributed by atoms with E-state index in [4.69, 9.17) is 14.2 Å². The molecule has 2 rings (SSSR count). The minimum Gasteiger partial charge on any atom is -0.496 e. The SMILES string of the molecule is COCc1cc(/C(C)=N\NC(=O)COc2cc(C)ccc2C)ccc1OC. The van der Waals surface area contributed by atoms with Gasteiger partial charge in [-0.15, -0.1) is 0 Å². The molecule has 0 saturated heterocycles. The number of hydrazone groups is 1. The lowest BCUT2D eigenvalue weighted by Crippen LogP contribution is -2.25. The van der Waals surface area contributed by atoms with Gasteiger partial charge in [-0.3, -0.25) is 4.79 Å². The summed E-state index contributed by atoms with van der Waals surface area (Å²) in [5.74, 6) is 1.13. The normalized spacial score (nSPS) is 11.2. The van der Waals surface area contributed by atoms with E-state index in [1.165, 1.54) is 0 Å². The van der Waals surface area contributed by atoms with Crippen LogP contribution < -0.4 is 14.9 Å². The van der Waals surface area contributed by atoms with Crippen molar-refractivity contribution in [3.05, 3.63) is 58.7 Å². The van der Waals surface area contributed by atoms with Gasteiger partial charge in [-0.1, -0.05) is 12.1 Å². The number of rotatable bonds is 8. The molecule has 144 valence electrons. The third kappa shape index (κ3) is 5.82. The number of benzene rings is 2. The molecule has 6 heteroatoms. The lowest BCUT2D eigenvalue weighted by molar-refractivity contribution is -0.123. The Morgan fingerprint density at radius 2 is 1.85 bits per heavy atom. The van der Waals surface area contributed by atoms with Crippen molar-refractivity contribution < 1.29 is 19.0 Å². The molecule has 0 aromatic heterocycles. The van der Waals surface area contributed by atoms with Gasteiger partial charge in [0, 0.05) is 12.7 Å². The molecule has 0 spiro atoms.